The van der Waals surface area contributed by atoms with E-state index in [0.29, 0.717) is 46.4 Å². The summed E-state index contributed by atoms with van der Waals surface area (Å²) in [6, 6.07) is 11.1. The Morgan fingerprint density at radius 3 is 2.40 bits per heavy atom. The highest BCUT2D eigenvalue weighted by Crippen LogP contribution is 2.29. The van der Waals surface area contributed by atoms with Crippen LogP contribution in [0.4, 0.5) is 0 Å². The number of carbonyl (C=O) groups excluding carboxylic acids is 2. The Kier molecular flexibility index (Phi) is 11.2. The molecule has 10 heteroatoms. The zero-order valence-electron chi connectivity index (χ0n) is 23.2. The maximum absolute atomic E-state index is 13.1. The molecule has 1 aromatic heterocycles. The largest absolute Gasteiger partial charge is 0.496 e. The number of fused-ring (bicyclic) bond motifs is 1. The number of ether oxygens (including phenoxy) is 1. The van der Waals surface area contributed by atoms with Crippen LogP contribution in [0, 0.1) is 13.8 Å². The van der Waals surface area contributed by atoms with E-state index < -0.39 is 35.5 Å². The molecule has 0 saturated carbocycles. The van der Waals surface area contributed by atoms with Gasteiger partial charge in [-0.05, 0) is 43.5 Å². The molecule has 0 spiro atoms. The van der Waals surface area contributed by atoms with Gasteiger partial charge >= 0.3 is 11.6 Å². The average molecular weight is 569 g/mol. The van der Waals surface area contributed by atoms with Gasteiger partial charge in [-0.2, -0.15) is 11.8 Å². The van der Waals surface area contributed by atoms with Crippen LogP contribution >= 0.6 is 11.8 Å². The number of hydrogen-bond acceptors (Lipinski definition) is 7. The van der Waals surface area contributed by atoms with Crippen LogP contribution in [0.3, 0.4) is 0 Å². The number of rotatable bonds is 14. The first kappa shape index (κ1) is 30.7. The highest BCUT2D eigenvalue weighted by atomic mass is 32.2. The number of hydrogen-bond donors (Lipinski definition) is 3. The second-order valence-electron chi connectivity index (χ2n) is 9.60. The minimum absolute atomic E-state index is 0.173. The van der Waals surface area contributed by atoms with E-state index in [1.165, 1.54) is 18.9 Å². The van der Waals surface area contributed by atoms with Gasteiger partial charge in [0, 0.05) is 22.5 Å². The van der Waals surface area contributed by atoms with Gasteiger partial charge in [0.2, 0.25) is 11.8 Å². The van der Waals surface area contributed by atoms with Crippen molar-refractivity contribution in [3.05, 3.63) is 75.1 Å². The fraction of sp³-hybridized carbons (Fsp3) is 0.400. The molecule has 3 N–H and O–H groups in total. The highest BCUT2D eigenvalue weighted by molar-refractivity contribution is 7.98. The van der Waals surface area contributed by atoms with Gasteiger partial charge in [-0.25, -0.2) is 9.59 Å². The molecule has 3 aromatic rings. The summed E-state index contributed by atoms with van der Waals surface area (Å²) in [5.41, 5.74) is 2.32. The van der Waals surface area contributed by atoms with Gasteiger partial charge < -0.3 is 24.9 Å². The standard InChI is InChI=1S/C30H36N2O7S/c1-5-6-12-23(28(34)32-24(29(35)36)17-40-16-20-10-8-7-9-11-20)31-26(33)15-22-18(2)21-13-14-25(38-4)19(3)27(21)39-30(22)37/h7-11,13-14,23-24H,5-6,12,15-17H2,1-4H3,(H,31,33)(H,32,34)(H,35,36). The third-order valence-electron chi connectivity index (χ3n) is 6.72. The third-order valence-corrected chi connectivity index (χ3v) is 7.83. The Balaban J connectivity index is 1.70. The molecule has 2 amide bonds. The van der Waals surface area contributed by atoms with Gasteiger partial charge in [0.15, 0.2) is 0 Å². The van der Waals surface area contributed by atoms with Crippen LogP contribution in [-0.2, 0) is 26.6 Å². The Morgan fingerprint density at radius 1 is 1.02 bits per heavy atom. The van der Waals surface area contributed by atoms with E-state index in [4.69, 9.17) is 9.15 Å². The summed E-state index contributed by atoms with van der Waals surface area (Å²) in [6.07, 6.45) is 1.49. The first-order valence-corrected chi connectivity index (χ1v) is 14.4. The number of carboxylic acids is 1. The lowest BCUT2D eigenvalue weighted by atomic mass is 10.0. The van der Waals surface area contributed by atoms with Crippen LogP contribution in [0.2, 0.25) is 0 Å². The van der Waals surface area contributed by atoms with Crippen molar-refractivity contribution in [3.63, 3.8) is 0 Å². The number of carbonyl (C=O) groups is 3. The monoisotopic (exact) mass is 568 g/mol. The van der Waals surface area contributed by atoms with Gasteiger partial charge in [0.1, 0.15) is 23.4 Å². The van der Waals surface area contributed by atoms with E-state index in [0.717, 1.165) is 12.0 Å². The molecular formula is C30H36N2O7S. The van der Waals surface area contributed by atoms with Gasteiger partial charge in [0.05, 0.1) is 19.1 Å². The zero-order chi connectivity index (χ0) is 29.2. The number of amides is 2. The minimum Gasteiger partial charge on any atom is -0.496 e. The van der Waals surface area contributed by atoms with E-state index in [-0.39, 0.29) is 17.7 Å². The van der Waals surface area contributed by atoms with Crippen LogP contribution in [0.25, 0.3) is 11.0 Å². The molecule has 0 aliphatic rings. The summed E-state index contributed by atoms with van der Waals surface area (Å²) >= 11 is 1.40. The van der Waals surface area contributed by atoms with E-state index >= 15 is 0 Å². The molecule has 1 heterocycles. The molecule has 0 bridgehead atoms. The van der Waals surface area contributed by atoms with Gasteiger partial charge in [-0.15, -0.1) is 0 Å². The quantitative estimate of drug-likeness (QED) is 0.247. The SMILES string of the molecule is CCCCC(NC(=O)Cc1c(C)c2ccc(OC)c(C)c2oc1=O)C(=O)NC(CSCc1ccccc1)C(=O)O. The lowest BCUT2D eigenvalue weighted by molar-refractivity contribution is -0.141. The lowest BCUT2D eigenvalue weighted by Gasteiger charge is -2.21. The molecule has 3 rings (SSSR count). The molecule has 0 radical (unpaired) electrons. The Labute approximate surface area is 237 Å². The van der Waals surface area contributed by atoms with E-state index in [9.17, 15) is 24.3 Å². The lowest BCUT2D eigenvalue weighted by Crippen LogP contribution is -2.52. The number of aryl methyl sites for hydroxylation is 2. The summed E-state index contributed by atoms with van der Waals surface area (Å²) in [7, 11) is 1.53. The summed E-state index contributed by atoms with van der Waals surface area (Å²) < 4.78 is 10.9. The maximum atomic E-state index is 13.1. The van der Waals surface area contributed by atoms with Crippen LogP contribution in [-0.4, -0.2) is 47.8 Å². The first-order valence-electron chi connectivity index (χ1n) is 13.2. The van der Waals surface area contributed by atoms with Crippen molar-refractivity contribution in [3.8, 4) is 5.75 Å². The number of methoxy groups -OCH3 is 1. The minimum atomic E-state index is -1.15. The predicted octanol–water partition coefficient (Wildman–Crippen LogP) is 4.14. The van der Waals surface area contributed by atoms with Crippen LogP contribution < -0.4 is 21.0 Å². The third kappa shape index (κ3) is 7.88. The second kappa shape index (κ2) is 14.6. The first-order chi connectivity index (χ1) is 19.2. The Hall–Kier alpha value is -3.79. The molecule has 2 aromatic carbocycles. The van der Waals surface area contributed by atoms with Crippen molar-refractivity contribution < 1.29 is 28.6 Å². The van der Waals surface area contributed by atoms with E-state index in [1.54, 1.807) is 26.0 Å². The van der Waals surface area contributed by atoms with Gasteiger partial charge in [-0.3, -0.25) is 9.59 Å². The number of thioether (sulfide) groups is 1. The normalized spacial score (nSPS) is 12.5. The van der Waals surface area contributed by atoms with Gasteiger partial charge in [-0.1, -0.05) is 50.1 Å². The smallest absolute Gasteiger partial charge is 0.340 e. The summed E-state index contributed by atoms with van der Waals surface area (Å²) in [6.45, 7) is 5.49. The molecule has 40 heavy (non-hydrogen) atoms. The van der Waals surface area contributed by atoms with Gasteiger partial charge in [0.25, 0.3) is 0 Å². The number of carboxylic acid groups (broad SMARTS) is 1. The number of unbranched alkanes of at least 4 members (excludes halogenated alkanes) is 1. The molecular weight excluding hydrogens is 532 g/mol. The van der Waals surface area contributed by atoms with Crippen molar-refractivity contribution in [1.29, 1.82) is 0 Å². The highest BCUT2D eigenvalue weighted by Gasteiger charge is 2.27. The average Bonchev–Trinajstić information content (AvgIpc) is 2.93. The van der Waals surface area contributed by atoms with Crippen LogP contribution in [0.15, 0.2) is 51.7 Å². The van der Waals surface area contributed by atoms with Crippen molar-refractivity contribution in [1.82, 2.24) is 10.6 Å². The maximum Gasteiger partial charge on any atom is 0.340 e. The summed E-state index contributed by atoms with van der Waals surface area (Å²) in [5, 5.41) is 15.7. The second-order valence-corrected chi connectivity index (χ2v) is 10.6. The fourth-order valence-electron chi connectivity index (χ4n) is 4.40. The fourth-order valence-corrected chi connectivity index (χ4v) is 5.40. The van der Waals surface area contributed by atoms with Crippen molar-refractivity contribution >= 4 is 40.5 Å². The molecule has 9 nitrogen and oxygen atoms in total. The molecule has 2 atom stereocenters. The summed E-state index contributed by atoms with van der Waals surface area (Å²) in [5.74, 6) is -0.877. The summed E-state index contributed by atoms with van der Waals surface area (Å²) in [4.78, 5) is 50.8. The van der Waals surface area contributed by atoms with Crippen molar-refractivity contribution in [2.75, 3.05) is 12.9 Å². The molecule has 214 valence electrons. The van der Waals surface area contributed by atoms with Crippen molar-refractivity contribution in [2.24, 2.45) is 0 Å². The molecule has 2 unspecified atom stereocenters. The topological polar surface area (TPSA) is 135 Å². The zero-order valence-corrected chi connectivity index (χ0v) is 24.1. The molecule has 0 saturated heterocycles. The van der Waals surface area contributed by atoms with E-state index in [1.807, 2.05) is 37.3 Å². The molecule has 0 aliphatic carbocycles. The Morgan fingerprint density at radius 2 is 1.75 bits per heavy atom. The van der Waals surface area contributed by atoms with Crippen LogP contribution in [0.5, 0.6) is 5.75 Å². The molecule has 0 fully saturated rings. The predicted molar refractivity (Wildman–Crippen MR) is 156 cm³/mol. The Bertz CT molecular complexity index is 1400. The number of benzene rings is 2. The molecule has 0 aliphatic heterocycles. The van der Waals surface area contributed by atoms with Crippen LogP contribution in [0.1, 0.15) is 48.4 Å². The van der Waals surface area contributed by atoms with Crippen molar-refractivity contribution in [2.45, 2.75) is 64.3 Å². The number of aliphatic carboxylic acids is 1. The number of nitrogens with one attached hydrogen (secondary N) is 2. The van der Waals surface area contributed by atoms with E-state index in [2.05, 4.69) is 10.6 Å².